The number of benzene rings is 1. The molecule has 0 spiro atoms. The number of aromatic nitrogens is 1. The van der Waals surface area contributed by atoms with Crippen molar-refractivity contribution in [2.75, 3.05) is 29.3 Å². The van der Waals surface area contributed by atoms with Gasteiger partial charge in [0, 0.05) is 36.9 Å². The molecule has 0 radical (unpaired) electrons. The van der Waals surface area contributed by atoms with Crippen molar-refractivity contribution in [3.63, 3.8) is 0 Å². The zero-order valence-electron chi connectivity index (χ0n) is 14.4. The summed E-state index contributed by atoms with van der Waals surface area (Å²) in [6.07, 6.45) is 6.45. The number of thioether (sulfide) groups is 1. The first-order valence-corrected chi connectivity index (χ1v) is 8.90. The van der Waals surface area contributed by atoms with Crippen molar-refractivity contribution < 1.29 is 4.79 Å². The number of pyridine rings is 1. The van der Waals surface area contributed by atoms with Gasteiger partial charge in [0.05, 0.1) is 0 Å². The third-order valence-electron chi connectivity index (χ3n) is 3.30. The summed E-state index contributed by atoms with van der Waals surface area (Å²) in [5.74, 6) is 0.464. The van der Waals surface area contributed by atoms with Crippen LogP contribution in [0.25, 0.3) is 0 Å². The highest BCUT2D eigenvalue weighted by atomic mass is 32.2. The number of hydrogen-bond donors (Lipinski definition) is 3. The van der Waals surface area contributed by atoms with Gasteiger partial charge in [0.2, 0.25) is 5.91 Å². The van der Waals surface area contributed by atoms with Gasteiger partial charge in [0.15, 0.2) is 5.17 Å². The topological polar surface area (TPSA) is 78.4 Å². The second-order valence-electron chi connectivity index (χ2n) is 5.06. The molecule has 0 unspecified atom stereocenters. The molecule has 130 valence electrons. The predicted molar refractivity (Wildman–Crippen MR) is 107 cm³/mol. The van der Waals surface area contributed by atoms with Gasteiger partial charge in [-0.05, 0) is 43.0 Å². The van der Waals surface area contributed by atoms with Crippen molar-refractivity contribution in [3.05, 3.63) is 60.4 Å². The number of rotatable bonds is 5. The van der Waals surface area contributed by atoms with Crippen molar-refractivity contribution in [2.24, 2.45) is 4.99 Å². The third kappa shape index (κ3) is 5.96. The quantitative estimate of drug-likeness (QED) is 0.433. The normalized spacial score (nSPS) is 11.4. The Morgan fingerprint density at radius 2 is 2.08 bits per heavy atom. The number of amides is 1. The van der Waals surface area contributed by atoms with E-state index in [2.05, 4.69) is 25.9 Å². The van der Waals surface area contributed by atoms with Crippen LogP contribution in [0.3, 0.4) is 0 Å². The lowest BCUT2D eigenvalue weighted by Gasteiger charge is -2.09. The zero-order valence-corrected chi connectivity index (χ0v) is 15.2. The summed E-state index contributed by atoms with van der Waals surface area (Å²) in [6, 6.07) is 11.4. The summed E-state index contributed by atoms with van der Waals surface area (Å²) in [6.45, 7) is 1.94. The number of carbonyl (C=O) groups excluding carboxylic acids is 1. The largest absolute Gasteiger partial charge is 0.388 e. The van der Waals surface area contributed by atoms with Gasteiger partial charge in [-0.2, -0.15) is 0 Å². The Bertz CT molecular complexity index is 774. The highest BCUT2D eigenvalue weighted by Gasteiger charge is 2.03. The van der Waals surface area contributed by atoms with E-state index in [0.717, 1.165) is 16.9 Å². The second kappa shape index (κ2) is 9.48. The maximum absolute atomic E-state index is 12.1. The molecule has 2 rings (SSSR count). The minimum atomic E-state index is -0.238. The molecule has 7 heteroatoms. The third-order valence-corrected chi connectivity index (χ3v) is 3.89. The van der Waals surface area contributed by atoms with E-state index in [1.54, 1.807) is 6.20 Å². The molecule has 6 nitrogen and oxygen atoms in total. The molecule has 0 bridgehead atoms. The van der Waals surface area contributed by atoms with E-state index in [9.17, 15) is 4.79 Å². The standard InChI is InChI=1S/C18H21N5OS/c1-13-7-8-14(19-2)12-15(13)22-17(24)9-11-21-18(25-3)23-16-6-4-5-10-20-16/h4-12,19H,1-3H3,(H,22,24)(H,20,21,23)/b11-9+. The van der Waals surface area contributed by atoms with E-state index >= 15 is 0 Å². The number of nitrogens with one attached hydrogen (secondary N) is 3. The van der Waals surface area contributed by atoms with Crippen molar-refractivity contribution in [1.29, 1.82) is 0 Å². The Labute approximate surface area is 151 Å². The van der Waals surface area contributed by atoms with E-state index in [0.29, 0.717) is 11.0 Å². The molecule has 1 aromatic carbocycles. The lowest BCUT2D eigenvalue weighted by atomic mass is 10.2. The molecule has 3 N–H and O–H groups in total. The van der Waals surface area contributed by atoms with Gasteiger partial charge in [0.25, 0.3) is 0 Å². The van der Waals surface area contributed by atoms with Gasteiger partial charge in [-0.25, -0.2) is 9.98 Å². The Balaban J connectivity index is 1.99. The molecule has 0 saturated heterocycles. The first-order valence-electron chi connectivity index (χ1n) is 7.68. The van der Waals surface area contributed by atoms with Crippen LogP contribution in [0.2, 0.25) is 0 Å². The number of anilines is 3. The number of nitrogens with zero attached hydrogens (tertiary/aromatic N) is 2. The fraction of sp³-hybridized carbons (Fsp3) is 0.167. The van der Waals surface area contributed by atoms with Crippen LogP contribution in [-0.4, -0.2) is 29.4 Å². The summed E-state index contributed by atoms with van der Waals surface area (Å²) in [5.41, 5.74) is 2.69. The number of aryl methyl sites for hydroxylation is 1. The molecule has 2 aromatic rings. The highest BCUT2D eigenvalue weighted by molar-refractivity contribution is 8.13. The van der Waals surface area contributed by atoms with Crippen LogP contribution >= 0.6 is 11.8 Å². The van der Waals surface area contributed by atoms with E-state index in [1.807, 2.05) is 56.6 Å². The number of aliphatic imine (C=N–C) groups is 1. The molecule has 0 aliphatic heterocycles. The van der Waals surface area contributed by atoms with Crippen molar-refractivity contribution in [1.82, 2.24) is 4.98 Å². The lowest BCUT2D eigenvalue weighted by Crippen LogP contribution is -2.10. The molecule has 0 saturated carbocycles. The Hall–Kier alpha value is -2.80. The second-order valence-corrected chi connectivity index (χ2v) is 5.86. The van der Waals surface area contributed by atoms with Crippen LogP contribution in [-0.2, 0) is 4.79 Å². The van der Waals surface area contributed by atoms with Crippen LogP contribution in [0.1, 0.15) is 5.56 Å². The summed E-state index contributed by atoms with van der Waals surface area (Å²) in [5, 5.41) is 9.64. The Morgan fingerprint density at radius 1 is 1.24 bits per heavy atom. The van der Waals surface area contributed by atoms with Gasteiger partial charge in [-0.1, -0.05) is 23.9 Å². The summed E-state index contributed by atoms with van der Waals surface area (Å²) in [7, 11) is 1.84. The highest BCUT2D eigenvalue weighted by Crippen LogP contribution is 2.19. The Kier molecular flexibility index (Phi) is 7.03. The molecule has 1 aromatic heterocycles. The average Bonchev–Trinajstić information content (AvgIpc) is 2.63. The van der Waals surface area contributed by atoms with E-state index in [4.69, 9.17) is 0 Å². The number of carbonyl (C=O) groups is 1. The van der Waals surface area contributed by atoms with E-state index < -0.39 is 0 Å². The molecule has 1 amide bonds. The fourth-order valence-electron chi connectivity index (χ4n) is 1.94. The molecule has 25 heavy (non-hydrogen) atoms. The summed E-state index contributed by atoms with van der Waals surface area (Å²) < 4.78 is 0. The van der Waals surface area contributed by atoms with Crippen LogP contribution in [0, 0.1) is 6.92 Å². The smallest absolute Gasteiger partial charge is 0.249 e. The molecule has 0 atom stereocenters. The van der Waals surface area contributed by atoms with Gasteiger partial charge < -0.3 is 16.0 Å². The summed E-state index contributed by atoms with van der Waals surface area (Å²) in [4.78, 5) is 20.5. The molecule has 1 heterocycles. The van der Waals surface area contributed by atoms with Crippen molar-refractivity contribution in [2.45, 2.75) is 6.92 Å². The van der Waals surface area contributed by atoms with Crippen LogP contribution in [0.5, 0.6) is 0 Å². The summed E-state index contributed by atoms with van der Waals surface area (Å²) >= 11 is 1.44. The van der Waals surface area contributed by atoms with Gasteiger partial charge in [-0.15, -0.1) is 0 Å². The van der Waals surface area contributed by atoms with Crippen LogP contribution < -0.4 is 16.0 Å². The van der Waals surface area contributed by atoms with Crippen molar-refractivity contribution >= 4 is 40.0 Å². The molecule has 0 aliphatic rings. The first kappa shape index (κ1) is 18.5. The minimum Gasteiger partial charge on any atom is -0.388 e. The van der Waals surface area contributed by atoms with E-state index in [-0.39, 0.29) is 5.91 Å². The number of hydrogen-bond acceptors (Lipinski definition) is 5. The SMILES string of the molecule is CNc1ccc(C)c(NC(=O)/C=C/N=C(Nc2ccccn2)SC)c1. The predicted octanol–water partition coefficient (Wildman–Crippen LogP) is 3.72. The maximum Gasteiger partial charge on any atom is 0.249 e. The fourth-order valence-corrected chi connectivity index (χ4v) is 2.31. The van der Waals surface area contributed by atoms with Gasteiger partial charge in [-0.3, -0.25) is 4.79 Å². The monoisotopic (exact) mass is 355 g/mol. The molecular weight excluding hydrogens is 334 g/mol. The number of amidine groups is 1. The maximum atomic E-state index is 12.1. The van der Waals surface area contributed by atoms with Gasteiger partial charge in [0.1, 0.15) is 5.82 Å². The zero-order chi connectivity index (χ0) is 18.1. The molecule has 0 fully saturated rings. The molecule has 0 aliphatic carbocycles. The van der Waals surface area contributed by atoms with Crippen molar-refractivity contribution in [3.8, 4) is 0 Å². The van der Waals surface area contributed by atoms with E-state index in [1.165, 1.54) is 24.0 Å². The van der Waals surface area contributed by atoms with Gasteiger partial charge >= 0.3 is 0 Å². The molecular formula is C18H21N5OS. The minimum absolute atomic E-state index is 0.238. The lowest BCUT2D eigenvalue weighted by molar-refractivity contribution is -0.111. The Morgan fingerprint density at radius 3 is 2.76 bits per heavy atom. The first-order chi connectivity index (χ1) is 12.1. The average molecular weight is 355 g/mol. The van der Waals surface area contributed by atoms with Crippen LogP contribution in [0.4, 0.5) is 17.2 Å². The van der Waals surface area contributed by atoms with Crippen LogP contribution in [0.15, 0.2) is 59.9 Å².